The summed E-state index contributed by atoms with van der Waals surface area (Å²) < 4.78 is 0. The zero-order valence-electron chi connectivity index (χ0n) is 15.3. The maximum absolute atomic E-state index is 12.4. The molecule has 2 fully saturated rings. The van der Waals surface area contributed by atoms with Crippen LogP contribution in [0.2, 0.25) is 0 Å². The number of rotatable bonds is 5. The predicted molar refractivity (Wildman–Crippen MR) is 93.9 cm³/mol. The standard InChI is InChI=1S/C18H33N3O3/c1-13(2)16(20-9-6-14(3)7-10-20)11-19-18(24)21-8-4-5-15(12-21)17(22)23/h13-16H,4-12H2,1-3H3,(H,19,24)(H,22,23). The van der Waals surface area contributed by atoms with Crippen LogP contribution in [-0.2, 0) is 4.79 Å². The number of amides is 2. The zero-order valence-corrected chi connectivity index (χ0v) is 15.3. The highest BCUT2D eigenvalue weighted by Crippen LogP contribution is 2.21. The number of urea groups is 1. The molecule has 2 rings (SSSR count). The van der Waals surface area contributed by atoms with Crippen molar-refractivity contribution in [3.8, 4) is 0 Å². The van der Waals surface area contributed by atoms with Gasteiger partial charge in [-0.25, -0.2) is 4.79 Å². The van der Waals surface area contributed by atoms with Gasteiger partial charge in [-0.1, -0.05) is 20.8 Å². The summed E-state index contributed by atoms with van der Waals surface area (Å²) in [7, 11) is 0. The number of carbonyl (C=O) groups is 2. The molecule has 2 heterocycles. The molecule has 0 aromatic rings. The van der Waals surface area contributed by atoms with Gasteiger partial charge in [0.25, 0.3) is 0 Å². The summed E-state index contributed by atoms with van der Waals surface area (Å²) in [6.45, 7) is 10.5. The average Bonchev–Trinajstić information content (AvgIpc) is 2.56. The Labute approximate surface area is 145 Å². The molecule has 24 heavy (non-hydrogen) atoms. The molecule has 0 aromatic heterocycles. The van der Waals surface area contributed by atoms with E-state index in [1.807, 2.05) is 0 Å². The van der Waals surface area contributed by atoms with Gasteiger partial charge in [-0.05, 0) is 50.6 Å². The topological polar surface area (TPSA) is 72.9 Å². The van der Waals surface area contributed by atoms with Gasteiger partial charge in [0.2, 0.25) is 0 Å². The molecule has 2 saturated heterocycles. The molecular weight excluding hydrogens is 306 g/mol. The van der Waals surface area contributed by atoms with Crippen molar-refractivity contribution in [3.05, 3.63) is 0 Å². The number of carbonyl (C=O) groups excluding carboxylic acids is 1. The molecule has 2 amide bonds. The molecule has 2 N–H and O–H groups in total. The van der Waals surface area contributed by atoms with E-state index in [-0.39, 0.29) is 6.03 Å². The van der Waals surface area contributed by atoms with E-state index >= 15 is 0 Å². The fourth-order valence-corrected chi connectivity index (χ4v) is 3.81. The van der Waals surface area contributed by atoms with Crippen LogP contribution >= 0.6 is 0 Å². The number of carboxylic acids is 1. The van der Waals surface area contributed by atoms with Crippen LogP contribution in [0.3, 0.4) is 0 Å². The SMILES string of the molecule is CC1CCN(C(CNC(=O)N2CCCC(C(=O)O)C2)C(C)C)CC1. The van der Waals surface area contributed by atoms with E-state index in [9.17, 15) is 9.59 Å². The average molecular weight is 339 g/mol. The predicted octanol–water partition coefficient (Wildman–Crippen LogP) is 2.25. The highest BCUT2D eigenvalue weighted by molar-refractivity contribution is 5.76. The molecule has 138 valence electrons. The van der Waals surface area contributed by atoms with Crippen molar-refractivity contribution in [2.24, 2.45) is 17.8 Å². The lowest BCUT2D eigenvalue weighted by atomic mass is 9.94. The Bertz CT molecular complexity index is 433. The minimum Gasteiger partial charge on any atom is -0.481 e. The zero-order chi connectivity index (χ0) is 17.7. The molecule has 2 unspecified atom stereocenters. The second-order valence-electron chi connectivity index (χ2n) is 7.84. The lowest BCUT2D eigenvalue weighted by Crippen LogP contribution is -2.53. The van der Waals surface area contributed by atoms with Crippen LogP contribution in [0.4, 0.5) is 4.79 Å². The van der Waals surface area contributed by atoms with Gasteiger partial charge >= 0.3 is 12.0 Å². The smallest absolute Gasteiger partial charge is 0.317 e. The largest absolute Gasteiger partial charge is 0.481 e. The van der Waals surface area contributed by atoms with Gasteiger partial charge in [-0.3, -0.25) is 9.69 Å². The van der Waals surface area contributed by atoms with E-state index in [0.717, 1.165) is 25.4 Å². The minimum atomic E-state index is -0.796. The van der Waals surface area contributed by atoms with Crippen molar-refractivity contribution >= 4 is 12.0 Å². The summed E-state index contributed by atoms with van der Waals surface area (Å²) >= 11 is 0. The first kappa shape index (κ1) is 19.0. The summed E-state index contributed by atoms with van der Waals surface area (Å²) in [5.74, 6) is 0.0563. The van der Waals surface area contributed by atoms with E-state index in [1.165, 1.54) is 12.8 Å². The van der Waals surface area contributed by atoms with Crippen molar-refractivity contribution in [1.82, 2.24) is 15.1 Å². The van der Waals surface area contributed by atoms with Gasteiger partial charge < -0.3 is 15.3 Å². The molecule has 2 atom stereocenters. The molecule has 0 spiro atoms. The molecule has 6 nitrogen and oxygen atoms in total. The molecule has 2 aliphatic heterocycles. The van der Waals surface area contributed by atoms with Crippen LogP contribution in [-0.4, -0.2) is 65.7 Å². The third-order valence-corrected chi connectivity index (χ3v) is 5.58. The van der Waals surface area contributed by atoms with Crippen LogP contribution in [0.1, 0.15) is 46.5 Å². The van der Waals surface area contributed by atoms with Gasteiger partial charge in [0.1, 0.15) is 0 Å². The van der Waals surface area contributed by atoms with Crippen LogP contribution < -0.4 is 5.32 Å². The van der Waals surface area contributed by atoms with Crippen molar-refractivity contribution < 1.29 is 14.7 Å². The number of hydrogen-bond acceptors (Lipinski definition) is 3. The van der Waals surface area contributed by atoms with Crippen molar-refractivity contribution in [1.29, 1.82) is 0 Å². The molecule has 0 aliphatic carbocycles. The summed E-state index contributed by atoms with van der Waals surface area (Å²) in [6.07, 6.45) is 3.88. The number of aliphatic carboxylic acids is 1. The number of piperidine rings is 2. The van der Waals surface area contributed by atoms with E-state index in [2.05, 4.69) is 31.0 Å². The highest BCUT2D eigenvalue weighted by atomic mass is 16.4. The van der Waals surface area contributed by atoms with Gasteiger partial charge in [0.15, 0.2) is 0 Å². The number of carboxylic acid groups (broad SMARTS) is 1. The second kappa shape index (κ2) is 8.70. The third-order valence-electron chi connectivity index (χ3n) is 5.58. The Morgan fingerprint density at radius 2 is 1.83 bits per heavy atom. The third kappa shape index (κ3) is 5.10. The molecular formula is C18H33N3O3. The second-order valence-corrected chi connectivity index (χ2v) is 7.84. The lowest BCUT2D eigenvalue weighted by molar-refractivity contribution is -0.143. The monoisotopic (exact) mass is 339 g/mol. The summed E-state index contributed by atoms with van der Waals surface area (Å²) in [5.41, 5.74) is 0. The van der Waals surface area contributed by atoms with Crippen molar-refractivity contribution in [3.63, 3.8) is 0 Å². The van der Waals surface area contributed by atoms with Crippen LogP contribution in [0, 0.1) is 17.8 Å². The van der Waals surface area contributed by atoms with Crippen LogP contribution in [0.25, 0.3) is 0 Å². The summed E-state index contributed by atoms with van der Waals surface area (Å²) in [4.78, 5) is 27.7. The molecule has 0 bridgehead atoms. The van der Waals surface area contributed by atoms with Crippen molar-refractivity contribution in [2.45, 2.75) is 52.5 Å². The Morgan fingerprint density at radius 3 is 2.42 bits per heavy atom. The van der Waals surface area contributed by atoms with E-state index < -0.39 is 11.9 Å². The van der Waals surface area contributed by atoms with E-state index in [1.54, 1.807) is 4.90 Å². The summed E-state index contributed by atoms with van der Waals surface area (Å²) in [6, 6.07) is 0.235. The fourth-order valence-electron chi connectivity index (χ4n) is 3.81. The Morgan fingerprint density at radius 1 is 1.17 bits per heavy atom. The molecule has 0 saturated carbocycles. The van der Waals surface area contributed by atoms with E-state index in [4.69, 9.17) is 5.11 Å². The maximum Gasteiger partial charge on any atom is 0.317 e. The van der Waals surface area contributed by atoms with Gasteiger partial charge in [0, 0.05) is 25.7 Å². The first-order chi connectivity index (χ1) is 11.4. The number of nitrogens with zero attached hydrogens (tertiary/aromatic N) is 2. The Hall–Kier alpha value is -1.30. The van der Waals surface area contributed by atoms with Gasteiger partial charge in [-0.2, -0.15) is 0 Å². The minimum absolute atomic E-state index is 0.114. The Kier molecular flexibility index (Phi) is 6.90. The maximum atomic E-state index is 12.4. The van der Waals surface area contributed by atoms with E-state index in [0.29, 0.717) is 38.0 Å². The number of hydrogen-bond donors (Lipinski definition) is 2. The quantitative estimate of drug-likeness (QED) is 0.806. The first-order valence-corrected chi connectivity index (χ1v) is 9.38. The van der Waals surface area contributed by atoms with Crippen LogP contribution in [0.15, 0.2) is 0 Å². The number of likely N-dealkylation sites (tertiary alicyclic amines) is 2. The molecule has 0 aromatic carbocycles. The highest BCUT2D eigenvalue weighted by Gasteiger charge is 2.30. The first-order valence-electron chi connectivity index (χ1n) is 9.38. The lowest BCUT2D eigenvalue weighted by Gasteiger charge is -2.39. The molecule has 2 aliphatic rings. The van der Waals surface area contributed by atoms with Crippen LogP contribution in [0.5, 0.6) is 0 Å². The van der Waals surface area contributed by atoms with Crippen molar-refractivity contribution in [2.75, 3.05) is 32.7 Å². The number of nitrogens with one attached hydrogen (secondary N) is 1. The molecule has 6 heteroatoms. The summed E-state index contributed by atoms with van der Waals surface area (Å²) in [5, 5.41) is 12.2. The fraction of sp³-hybridized carbons (Fsp3) is 0.889. The van der Waals surface area contributed by atoms with Gasteiger partial charge in [0.05, 0.1) is 5.92 Å². The van der Waals surface area contributed by atoms with Gasteiger partial charge in [-0.15, -0.1) is 0 Å². The normalized spacial score (nSPS) is 24.8. The Balaban J connectivity index is 1.84. The molecule has 0 radical (unpaired) electrons.